The molecule has 4 heterocycles. The second-order valence-corrected chi connectivity index (χ2v) is 12.7. The number of carboxylic acids is 1. The first-order valence-electron chi connectivity index (χ1n) is 15.4. The molecule has 5 rings (SSSR count). The molecule has 0 bridgehead atoms. The molecule has 2 amide bonds. The number of benzene rings is 1. The topological polar surface area (TPSA) is 123 Å². The van der Waals surface area contributed by atoms with Crippen molar-refractivity contribution in [2.75, 3.05) is 26.2 Å². The Labute approximate surface area is 262 Å². The number of nitrogens with zero attached hydrogens (tertiary/aromatic N) is 3. The van der Waals surface area contributed by atoms with E-state index in [1.165, 1.54) is 12.1 Å². The second-order valence-electron chi connectivity index (χ2n) is 12.7. The minimum atomic E-state index is -1.38. The lowest BCUT2D eigenvalue weighted by Gasteiger charge is -2.29. The van der Waals surface area contributed by atoms with E-state index in [1.54, 1.807) is 38.7 Å². The molecule has 0 unspecified atom stereocenters. The van der Waals surface area contributed by atoms with Crippen LogP contribution in [0.3, 0.4) is 0 Å². The van der Waals surface area contributed by atoms with Gasteiger partial charge in [-0.2, -0.15) is 0 Å². The summed E-state index contributed by atoms with van der Waals surface area (Å²) in [6, 6.07) is 3.24. The molecule has 2 N–H and O–H groups in total. The van der Waals surface area contributed by atoms with E-state index in [-0.39, 0.29) is 17.6 Å². The molecule has 0 saturated carbocycles. The Morgan fingerprint density at radius 1 is 1.22 bits per heavy atom. The minimum absolute atomic E-state index is 0.105. The average Bonchev–Trinajstić information content (AvgIpc) is 3.53. The zero-order chi connectivity index (χ0) is 32.6. The summed E-state index contributed by atoms with van der Waals surface area (Å²) in [4.78, 5) is 43.8. The van der Waals surface area contributed by atoms with Crippen molar-refractivity contribution in [2.24, 2.45) is 7.05 Å². The summed E-state index contributed by atoms with van der Waals surface area (Å²) in [6.07, 6.45) is 4.47. The number of carbonyl (C=O) groups is 3. The first-order chi connectivity index (χ1) is 21.3. The summed E-state index contributed by atoms with van der Waals surface area (Å²) in [5.74, 6) is -1.66. The lowest BCUT2D eigenvalue weighted by Crippen LogP contribution is -2.34. The van der Waals surface area contributed by atoms with Crippen molar-refractivity contribution < 1.29 is 33.4 Å². The van der Waals surface area contributed by atoms with Crippen LogP contribution in [-0.2, 0) is 32.6 Å². The van der Waals surface area contributed by atoms with E-state index in [1.807, 2.05) is 24.6 Å². The number of aryl methyl sites for hydroxylation is 2. The molecule has 2 aliphatic rings. The lowest BCUT2D eigenvalue weighted by atomic mass is 9.86. The Bertz CT molecular complexity index is 1700. The summed E-state index contributed by atoms with van der Waals surface area (Å²) < 4.78 is 29.2. The number of hydrogen-bond acceptors (Lipinski definition) is 6. The number of ether oxygens (including phenoxy) is 2. The smallest absolute Gasteiger partial charge is 0.337 e. The maximum absolute atomic E-state index is 15.6. The number of fused-ring (bicyclic) bond motifs is 2. The molecule has 1 saturated heterocycles. The lowest BCUT2D eigenvalue weighted by molar-refractivity contribution is -0.160. The van der Waals surface area contributed by atoms with Crippen molar-refractivity contribution in [3.8, 4) is 16.9 Å². The number of aliphatic carboxylic acids is 1. The number of pyridine rings is 1. The van der Waals surface area contributed by atoms with Crippen molar-refractivity contribution in [1.82, 2.24) is 19.8 Å². The van der Waals surface area contributed by atoms with E-state index in [2.05, 4.69) is 5.32 Å². The van der Waals surface area contributed by atoms with Crippen LogP contribution in [0.4, 0.5) is 4.39 Å². The van der Waals surface area contributed by atoms with E-state index in [0.717, 1.165) is 24.0 Å². The third-order valence-electron chi connectivity index (χ3n) is 8.36. The zero-order valence-electron chi connectivity index (χ0n) is 26.8. The van der Waals surface area contributed by atoms with Gasteiger partial charge in [0.25, 0.3) is 0 Å². The standard InChI is InChI=1S/C34H41FN4O6/c1-19-22-9-8-16-44-30(22)25(35)18-23(19)29-24-17-21(11-12-26(40)36-13-15-39-14-7-10-27(39)41)38(6)32(24)37-20(2)28(29)31(33(42)43)45-34(3,4)5/h11-12,17-18,31H,7-10,13-16H2,1-6H3,(H,36,40)(H,42,43)/t31-/m0/s1. The van der Waals surface area contributed by atoms with Crippen LogP contribution in [0.1, 0.15) is 74.2 Å². The highest BCUT2D eigenvalue weighted by Gasteiger charge is 2.34. The largest absolute Gasteiger partial charge is 0.490 e. The zero-order valence-corrected chi connectivity index (χ0v) is 26.8. The second kappa shape index (κ2) is 12.6. The molecule has 3 aromatic rings. The van der Waals surface area contributed by atoms with Crippen LogP contribution in [0.15, 0.2) is 18.2 Å². The van der Waals surface area contributed by atoms with Gasteiger partial charge in [0.1, 0.15) is 5.65 Å². The van der Waals surface area contributed by atoms with E-state index in [4.69, 9.17) is 14.5 Å². The number of halogens is 1. The Morgan fingerprint density at radius 3 is 2.64 bits per heavy atom. The average molecular weight is 621 g/mol. The van der Waals surface area contributed by atoms with Crippen LogP contribution in [0.2, 0.25) is 0 Å². The van der Waals surface area contributed by atoms with Gasteiger partial charge < -0.3 is 29.4 Å². The molecule has 0 radical (unpaired) electrons. The van der Waals surface area contributed by atoms with Gasteiger partial charge in [-0.3, -0.25) is 9.59 Å². The molecule has 1 aromatic carbocycles. The highest BCUT2D eigenvalue weighted by atomic mass is 19.1. The predicted octanol–water partition coefficient (Wildman–Crippen LogP) is 5.01. The summed E-state index contributed by atoms with van der Waals surface area (Å²) in [5.41, 5.74) is 3.80. The van der Waals surface area contributed by atoms with Gasteiger partial charge in [0.2, 0.25) is 11.8 Å². The summed E-state index contributed by atoms with van der Waals surface area (Å²) in [7, 11) is 1.81. The molecule has 45 heavy (non-hydrogen) atoms. The maximum atomic E-state index is 15.6. The number of carbonyl (C=O) groups excluding carboxylic acids is 2. The van der Waals surface area contributed by atoms with Crippen LogP contribution in [0.5, 0.6) is 5.75 Å². The van der Waals surface area contributed by atoms with Crippen molar-refractivity contribution >= 4 is 34.9 Å². The molecule has 10 nitrogen and oxygen atoms in total. The first-order valence-corrected chi connectivity index (χ1v) is 15.4. The third kappa shape index (κ3) is 6.58. The number of rotatable bonds is 9. The molecule has 2 aromatic heterocycles. The van der Waals surface area contributed by atoms with Crippen molar-refractivity contribution in [2.45, 2.75) is 72.0 Å². The van der Waals surface area contributed by atoms with Crippen LogP contribution < -0.4 is 10.1 Å². The fourth-order valence-corrected chi connectivity index (χ4v) is 6.23. The van der Waals surface area contributed by atoms with Gasteiger partial charge >= 0.3 is 5.97 Å². The molecular formula is C34H41FN4O6. The first kappa shape index (κ1) is 32.2. The van der Waals surface area contributed by atoms with Gasteiger partial charge in [-0.15, -0.1) is 0 Å². The molecule has 0 spiro atoms. The molecule has 1 atom stereocenters. The Kier molecular flexibility index (Phi) is 9.02. The highest BCUT2D eigenvalue weighted by molar-refractivity contribution is 6.01. The van der Waals surface area contributed by atoms with Crippen LogP contribution in [-0.4, -0.2) is 69.2 Å². The fraction of sp³-hybridized carbons (Fsp3) is 0.471. The quantitative estimate of drug-likeness (QED) is 0.322. The SMILES string of the molecule is Cc1nc2c(cc(C=CC(=O)NCCN3CCCC3=O)n2C)c(-c2cc(F)c3c(c2C)CCCO3)c1[C@H](OC(C)(C)C)C(=O)O. The summed E-state index contributed by atoms with van der Waals surface area (Å²) >= 11 is 0. The number of likely N-dealkylation sites (tertiary alicyclic amines) is 1. The van der Waals surface area contributed by atoms with Crippen molar-refractivity contribution in [3.63, 3.8) is 0 Å². The molecule has 240 valence electrons. The fourth-order valence-electron chi connectivity index (χ4n) is 6.23. The molecule has 0 aliphatic carbocycles. The van der Waals surface area contributed by atoms with Crippen LogP contribution in [0, 0.1) is 19.7 Å². The maximum Gasteiger partial charge on any atom is 0.337 e. The monoisotopic (exact) mass is 620 g/mol. The number of amides is 2. The minimum Gasteiger partial charge on any atom is -0.490 e. The van der Waals surface area contributed by atoms with Crippen molar-refractivity contribution in [3.05, 3.63) is 52.1 Å². The van der Waals surface area contributed by atoms with E-state index >= 15 is 4.39 Å². The molecule has 11 heteroatoms. The van der Waals surface area contributed by atoms with E-state index < -0.39 is 23.5 Å². The van der Waals surface area contributed by atoms with E-state index in [9.17, 15) is 19.5 Å². The summed E-state index contributed by atoms with van der Waals surface area (Å²) in [6.45, 7) is 10.9. The van der Waals surface area contributed by atoms with Gasteiger partial charge in [0.05, 0.1) is 12.2 Å². The van der Waals surface area contributed by atoms with Gasteiger partial charge in [-0.05, 0) is 83.2 Å². The number of nitrogens with one attached hydrogen (secondary N) is 1. The normalized spacial score (nSPS) is 15.9. The van der Waals surface area contributed by atoms with E-state index in [0.29, 0.717) is 78.2 Å². The Balaban J connectivity index is 1.62. The molecular weight excluding hydrogens is 579 g/mol. The Hall–Kier alpha value is -4.25. The van der Waals surface area contributed by atoms with Crippen molar-refractivity contribution in [1.29, 1.82) is 0 Å². The van der Waals surface area contributed by atoms with Gasteiger partial charge in [-0.25, -0.2) is 14.2 Å². The Morgan fingerprint density at radius 2 is 1.98 bits per heavy atom. The van der Waals surface area contributed by atoms with Crippen LogP contribution >= 0.6 is 0 Å². The highest BCUT2D eigenvalue weighted by Crippen LogP contribution is 2.44. The van der Waals surface area contributed by atoms with Gasteiger partial charge in [0, 0.05) is 72.6 Å². The number of carboxylic acid groups (broad SMARTS) is 1. The molecule has 1 fully saturated rings. The molecule has 2 aliphatic heterocycles. The predicted molar refractivity (Wildman–Crippen MR) is 168 cm³/mol. The summed E-state index contributed by atoms with van der Waals surface area (Å²) in [5, 5.41) is 13.8. The van der Waals surface area contributed by atoms with Gasteiger partial charge in [0.15, 0.2) is 17.7 Å². The number of hydrogen-bond donors (Lipinski definition) is 2. The van der Waals surface area contributed by atoms with Crippen LogP contribution in [0.25, 0.3) is 28.2 Å². The number of aromatic nitrogens is 2. The van der Waals surface area contributed by atoms with Gasteiger partial charge in [-0.1, -0.05) is 0 Å². The third-order valence-corrected chi connectivity index (χ3v) is 8.36.